The minimum atomic E-state index is -2.87. The van der Waals surface area contributed by atoms with Gasteiger partial charge in [-0.3, -0.25) is 0 Å². The van der Waals surface area contributed by atoms with Gasteiger partial charge in [-0.2, -0.15) is 8.78 Å². The second kappa shape index (κ2) is 7.57. The van der Waals surface area contributed by atoms with Crippen molar-refractivity contribution in [2.75, 3.05) is 0 Å². The predicted molar refractivity (Wildman–Crippen MR) is 81.3 cm³/mol. The van der Waals surface area contributed by atoms with Gasteiger partial charge in [0.2, 0.25) is 0 Å². The number of hydrogen-bond donors (Lipinski definition) is 1. The van der Waals surface area contributed by atoms with Gasteiger partial charge < -0.3 is 10.5 Å². The zero-order chi connectivity index (χ0) is 13.8. The number of hydrogen-bond acceptors (Lipinski definition) is 2. The first kappa shape index (κ1) is 16.9. The van der Waals surface area contributed by atoms with E-state index in [4.69, 9.17) is 5.73 Å². The van der Waals surface area contributed by atoms with Crippen LogP contribution in [0.15, 0.2) is 46.9 Å². The molecule has 0 fully saturated rings. The highest BCUT2D eigenvalue weighted by Gasteiger charge is 2.14. The predicted octanol–water partition coefficient (Wildman–Crippen LogP) is 4.60. The van der Waals surface area contributed by atoms with Crippen molar-refractivity contribution in [2.45, 2.75) is 13.2 Å². The van der Waals surface area contributed by atoms with Crippen LogP contribution < -0.4 is 10.5 Å². The third-order valence-corrected chi connectivity index (χ3v) is 3.27. The van der Waals surface area contributed by atoms with Crippen molar-refractivity contribution < 1.29 is 13.5 Å². The van der Waals surface area contributed by atoms with Crippen LogP contribution in [-0.2, 0) is 6.54 Å². The van der Waals surface area contributed by atoms with Gasteiger partial charge in [0.05, 0.1) is 4.47 Å². The summed E-state index contributed by atoms with van der Waals surface area (Å²) in [5.41, 5.74) is 7.91. The quantitative estimate of drug-likeness (QED) is 0.860. The van der Waals surface area contributed by atoms with Gasteiger partial charge in [-0.15, -0.1) is 12.4 Å². The average molecular weight is 365 g/mol. The lowest BCUT2D eigenvalue weighted by Gasteiger charge is -2.13. The first-order valence-electron chi connectivity index (χ1n) is 5.64. The molecule has 0 spiro atoms. The van der Waals surface area contributed by atoms with E-state index in [9.17, 15) is 8.78 Å². The van der Waals surface area contributed by atoms with Gasteiger partial charge in [0.25, 0.3) is 0 Å². The SMILES string of the molecule is Cl.NCc1cccc(-c2cccc(Br)c2OC(F)F)c1. The Balaban J connectivity index is 0.00000200. The molecule has 0 atom stereocenters. The molecule has 0 aliphatic carbocycles. The molecule has 0 aliphatic rings. The van der Waals surface area contributed by atoms with Crippen LogP contribution in [0.4, 0.5) is 8.78 Å². The third kappa shape index (κ3) is 3.91. The van der Waals surface area contributed by atoms with Crippen molar-refractivity contribution in [3.05, 3.63) is 52.5 Å². The maximum Gasteiger partial charge on any atom is 0.387 e. The normalized spacial score (nSPS) is 10.2. The summed E-state index contributed by atoms with van der Waals surface area (Å²) in [7, 11) is 0. The highest BCUT2D eigenvalue weighted by molar-refractivity contribution is 9.10. The lowest BCUT2D eigenvalue weighted by molar-refractivity contribution is -0.0499. The fourth-order valence-corrected chi connectivity index (χ4v) is 2.27. The van der Waals surface area contributed by atoms with Crippen LogP contribution in [0.25, 0.3) is 11.1 Å². The molecule has 20 heavy (non-hydrogen) atoms. The molecule has 2 aromatic carbocycles. The summed E-state index contributed by atoms with van der Waals surface area (Å²) in [5, 5.41) is 0. The average Bonchev–Trinajstić information content (AvgIpc) is 2.40. The summed E-state index contributed by atoms with van der Waals surface area (Å²) in [4.78, 5) is 0. The van der Waals surface area contributed by atoms with E-state index in [2.05, 4.69) is 20.7 Å². The molecule has 2 N–H and O–H groups in total. The molecule has 2 rings (SSSR count). The molecule has 0 heterocycles. The van der Waals surface area contributed by atoms with Crippen LogP contribution in [0.5, 0.6) is 5.75 Å². The van der Waals surface area contributed by atoms with Crippen LogP contribution >= 0.6 is 28.3 Å². The molecular formula is C14H13BrClF2NO. The van der Waals surface area contributed by atoms with E-state index in [1.807, 2.05) is 24.3 Å². The van der Waals surface area contributed by atoms with Crippen molar-refractivity contribution in [3.8, 4) is 16.9 Å². The molecule has 0 aromatic heterocycles. The summed E-state index contributed by atoms with van der Waals surface area (Å²) in [5.74, 6) is 0.131. The molecule has 0 saturated carbocycles. The van der Waals surface area contributed by atoms with E-state index in [1.54, 1.807) is 18.2 Å². The zero-order valence-electron chi connectivity index (χ0n) is 10.4. The Labute approximate surface area is 130 Å². The highest BCUT2D eigenvalue weighted by Crippen LogP contribution is 2.37. The van der Waals surface area contributed by atoms with E-state index < -0.39 is 6.61 Å². The van der Waals surface area contributed by atoms with E-state index >= 15 is 0 Å². The molecule has 108 valence electrons. The molecule has 0 radical (unpaired) electrons. The van der Waals surface area contributed by atoms with Crippen molar-refractivity contribution in [2.24, 2.45) is 5.73 Å². The molecule has 0 unspecified atom stereocenters. The van der Waals surface area contributed by atoms with Crippen LogP contribution in [0.1, 0.15) is 5.56 Å². The number of para-hydroxylation sites is 1. The Kier molecular flexibility index (Phi) is 6.39. The molecule has 0 saturated heterocycles. The molecule has 0 aliphatic heterocycles. The van der Waals surface area contributed by atoms with Crippen molar-refractivity contribution >= 4 is 28.3 Å². The minimum absolute atomic E-state index is 0. The Morgan fingerprint density at radius 3 is 2.50 bits per heavy atom. The molecular weight excluding hydrogens is 352 g/mol. The smallest absolute Gasteiger partial charge is 0.387 e. The summed E-state index contributed by atoms with van der Waals surface area (Å²) in [6.07, 6.45) is 0. The van der Waals surface area contributed by atoms with E-state index in [-0.39, 0.29) is 18.2 Å². The monoisotopic (exact) mass is 363 g/mol. The van der Waals surface area contributed by atoms with Crippen LogP contribution in [0.3, 0.4) is 0 Å². The van der Waals surface area contributed by atoms with Crippen LogP contribution in [0, 0.1) is 0 Å². The largest absolute Gasteiger partial charge is 0.433 e. The maximum absolute atomic E-state index is 12.5. The number of ether oxygens (including phenoxy) is 1. The van der Waals surface area contributed by atoms with E-state index in [0.29, 0.717) is 16.6 Å². The molecule has 0 amide bonds. The fraction of sp³-hybridized carbons (Fsp3) is 0.143. The van der Waals surface area contributed by atoms with Gasteiger partial charge in [0, 0.05) is 12.1 Å². The topological polar surface area (TPSA) is 35.2 Å². The number of nitrogens with two attached hydrogens (primary N) is 1. The van der Waals surface area contributed by atoms with Crippen LogP contribution in [-0.4, -0.2) is 6.61 Å². The fourth-order valence-electron chi connectivity index (χ4n) is 1.81. The number of benzene rings is 2. The Hall–Kier alpha value is -1.17. The summed E-state index contributed by atoms with van der Waals surface area (Å²) in [6, 6.07) is 12.6. The van der Waals surface area contributed by atoms with Gasteiger partial charge >= 0.3 is 6.61 Å². The standard InChI is InChI=1S/C14H12BrF2NO.ClH/c15-12-6-2-5-11(13(12)19-14(16)17)10-4-1-3-9(7-10)8-18;/h1-7,14H,8,18H2;1H. The summed E-state index contributed by atoms with van der Waals surface area (Å²) in [6.45, 7) is -2.47. The maximum atomic E-state index is 12.5. The van der Waals surface area contributed by atoms with Gasteiger partial charge in [0.15, 0.2) is 0 Å². The molecule has 2 nitrogen and oxygen atoms in total. The lowest BCUT2D eigenvalue weighted by atomic mass is 10.0. The van der Waals surface area contributed by atoms with E-state index in [0.717, 1.165) is 11.1 Å². The Morgan fingerprint density at radius 2 is 1.85 bits per heavy atom. The molecule has 6 heteroatoms. The first-order chi connectivity index (χ1) is 9.11. The van der Waals surface area contributed by atoms with Crippen molar-refractivity contribution in [3.63, 3.8) is 0 Å². The van der Waals surface area contributed by atoms with Gasteiger partial charge in [-0.1, -0.05) is 30.3 Å². The summed E-state index contributed by atoms with van der Waals surface area (Å²) < 4.78 is 30.0. The van der Waals surface area contributed by atoms with Crippen molar-refractivity contribution in [1.82, 2.24) is 0 Å². The Bertz CT molecular complexity index is 581. The minimum Gasteiger partial charge on any atom is -0.433 e. The third-order valence-electron chi connectivity index (χ3n) is 2.65. The van der Waals surface area contributed by atoms with E-state index in [1.165, 1.54) is 0 Å². The number of halogens is 4. The second-order valence-electron chi connectivity index (χ2n) is 3.90. The van der Waals surface area contributed by atoms with Gasteiger partial charge in [-0.05, 0) is 39.2 Å². The van der Waals surface area contributed by atoms with Crippen molar-refractivity contribution in [1.29, 1.82) is 0 Å². The summed E-state index contributed by atoms with van der Waals surface area (Å²) >= 11 is 3.23. The number of alkyl halides is 2. The van der Waals surface area contributed by atoms with Crippen LogP contribution in [0.2, 0.25) is 0 Å². The lowest BCUT2D eigenvalue weighted by Crippen LogP contribution is -2.04. The van der Waals surface area contributed by atoms with Gasteiger partial charge in [0.1, 0.15) is 5.75 Å². The van der Waals surface area contributed by atoms with Gasteiger partial charge in [-0.25, -0.2) is 0 Å². The first-order valence-corrected chi connectivity index (χ1v) is 6.44. The second-order valence-corrected chi connectivity index (χ2v) is 4.75. The highest BCUT2D eigenvalue weighted by atomic mass is 79.9. The molecule has 0 bridgehead atoms. The number of rotatable bonds is 4. The molecule has 2 aromatic rings. The zero-order valence-corrected chi connectivity index (χ0v) is 12.8. The Morgan fingerprint density at radius 1 is 1.15 bits per heavy atom.